The first kappa shape index (κ1) is 19.6. The minimum Gasteiger partial charge on any atom is -0.465 e. The molecule has 0 radical (unpaired) electrons. The van der Waals surface area contributed by atoms with Gasteiger partial charge in [-0.1, -0.05) is 17.7 Å². The van der Waals surface area contributed by atoms with Gasteiger partial charge in [0.1, 0.15) is 0 Å². The zero-order chi connectivity index (χ0) is 19.7. The van der Waals surface area contributed by atoms with E-state index in [-0.39, 0.29) is 24.7 Å². The number of ether oxygens (including phenoxy) is 1. The molecule has 2 aromatic carbocycles. The summed E-state index contributed by atoms with van der Waals surface area (Å²) in [7, 11) is 1.32. The van der Waals surface area contributed by atoms with E-state index in [4.69, 9.17) is 16.3 Å². The largest absolute Gasteiger partial charge is 0.465 e. The molecule has 27 heavy (non-hydrogen) atoms. The SMILES string of the molecule is COC(=O)c1ccc(CN2C(=O)c3ccc(Cl)cc3CC(=O)[C@H]2C)cc1Br. The molecule has 3 rings (SSSR count). The van der Waals surface area contributed by atoms with Crippen LogP contribution >= 0.6 is 27.5 Å². The second-order valence-electron chi connectivity index (χ2n) is 6.36. The molecule has 1 aliphatic rings. The molecular weight excluding hydrogens is 434 g/mol. The fourth-order valence-electron chi connectivity index (χ4n) is 3.09. The zero-order valence-electron chi connectivity index (χ0n) is 14.8. The van der Waals surface area contributed by atoms with Gasteiger partial charge >= 0.3 is 5.97 Å². The van der Waals surface area contributed by atoms with Gasteiger partial charge in [0.25, 0.3) is 5.91 Å². The van der Waals surface area contributed by atoms with Gasteiger partial charge in [-0.2, -0.15) is 0 Å². The number of carbonyl (C=O) groups is 3. The van der Waals surface area contributed by atoms with Gasteiger partial charge in [-0.3, -0.25) is 9.59 Å². The molecular formula is C20H17BrClNO4. The molecule has 0 spiro atoms. The number of halogens is 2. The van der Waals surface area contributed by atoms with Crippen molar-refractivity contribution in [2.45, 2.75) is 25.9 Å². The lowest BCUT2D eigenvalue weighted by Gasteiger charge is -2.27. The topological polar surface area (TPSA) is 63.7 Å². The molecule has 140 valence electrons. The Morgan fingerprint density at radius 2 is 2.00 bits per heavy atom. The van der Waals surface area contributed by atoms with Crippen LogP contribution in [-0.2, 0) is 22.5 Å². The van der Waals surface area contributed by atoms with Crippen LogP contribution in [0.2, 0.25) is 5.02 Å². The number of ketones is 1. The third kappa shape index (κ3) is 3.92. The van der Waals surface area contributed by atoms with Crippen molar-refractivity contribution < 1.29 is 19.1 Å². The number of rotatable bonds is 3. The van der Waals surface area contributed by atoms with E-state index in [1.54, 1.807) is 48.2 Å². The Morgan fingerprint density at radius 1 is 1.26 bits per heavy atom. The van der Waals surface area contributed by atoms with Gasteiger partial charge in [0.15, 0.2) is 5.78 Å². The highest BCUT2D eigenvalue weighted by atomic mass is 79.9. The van der Waals surface area contributed by atoms with Crippen molar-refractivity contribution in [3.8, 4) is 0 Å². The van der Waals surface area contributed by atoms with Gasteiger partial charge in [-0.15, -0.1) is 0 Å². The summed E-state index contributed by atoms with van der Waals surface area (Å²) in [6.07, 6.45) is 0.171. The molecule has 7 heteroatoms. The summed E-state index contributed by atoms with van der Waals surface area (Å²) < 4.78 is 5.30. The number of nitrogens with zero attached hydrogens (tertiary/aromatic N) is 1. The van der Waals surface area contributed by atoms with E-state index >= 15 is 0 Å². The van der Waals surface area contributed by atoms with Crippen LogP contribution in [0.1, 0.15) is 38.8 Å². The van der Waals surface area contributed by atoms with Crippen molar-refractivity contribution in [3.63, 3.8) is 0 Å². The molecule has 1 atom stereocenters. The number of methoxy groups -OCH3 is 1. The van der Waals surface area contributed by atoms with E-state index < -0.39 is 12.0 Å². The summed E-state index contributed by atoms with van der Waals surface area (Å²) in [6.45, 7) is 1.97. The van der Waals surface area contributed by atoms with Crippen LogP contribution in [0.5, 0.6) is 0 Å². The van der Waals surface area contributed by atoms with Crippen molar-refractivity contribution in [3.05, 3.63) is 68.1 Å². The molecule has 0 saturated carbocycles. The molecule has 0 fully saturated rings. The number of fused-ring (bicyclic) bond motifs is 1. The molecule has 2 aromatic rings. The van der Waals surface area contributed by atoms with Gasteiger partial charge < -0.3 is 9.64 Å². The minimum atomic E-state index is -0.567. The number of benzene rings is 2. The monoisotopic (exact) mass is 449 g/mol. The molecule has 0 N–H and O–H groups in total. The second kappa shape index (κ2) is 7.82. The van der Waals surface area contributed by atoms with E-state index in [1.165, 1.54) is 7.11 Å². The Kier molecular flexibility index (Phi) is 5.67. The number of carbonyl (C=O) groups excluding carboxylic acids is 3. The third-order valence-corrected chi connectivity index (χ3v) is 5.54. The van der Waals surface area contributed by atoms with Crippen molar-refractivity contribution in [1.29, 1.82) is 0 Å². The van der Waals surface area contributed by atoms with Crippen molar-refractivity contribution in [2.75, 3.05) is 7.11 Å². The summed E-state index contributed by atoms with van der Waals surface area (Å²) in [5.74, 6) is -0.712. The van der Waals surface area contributed by atoms with E-state index in [9.17, 15) is 14.4 Å². The number of hydrogen-bond acceptors (Lipinski definition) is 4. The van der Waals surface area contributed by atoms with Crippen LogP contribution < -0.4 is 0 Å². The zero-order valence-corrected chi connectivity index (χ0v) is 17.1. The van der Waals surface area contributed by atoms with Crippen LogP contribution in [-0.4, -0.2) is 35.7 Å². The molecule has 1 amide bonds. The average Bonchev–Trinajstić information content (AvgIpc) is 2.71. The van der Waals surface area contributed by atoms with Crippen LogP contribution in [0.25, 0.3) is 0 Å². The third-order valence-electron chi connectivity index (χ3n) is 4.65. The molecule has 5 nitrogen and oxygen atoms in total. The maximum Gasteiger partial charge on any atom is 0.339 e. The highest BCUT2D eigenvalue weighted by Crippen LogP contribution is 2.26. The fraction of sp³-hybridized carbons (Fsp3) is 0.250. The lowest BCUT2D eigenvalue weighted by Crippen LogP contribution is -2.41. The molecule has 1 aliphatic heterocycles. The fourth-order valence-corrected chi connectivity index (χ4v) is 3.88. The van der Waals surface area contributed by atoms with Gasteiger partial charge in [-0.05, 0) is 64.3 Å². The normalized spacial score (nSPS) is 16.7. The molecule has 0 unspecified atom stereocenters. The van der Waals surface area contributed by atoms with Gasteiger partial charge in [0.05, 0.1) is 18.7 Å². The number of esters is 1. The summed E-state index contributed by atoms with van der Waals surface area (Å²) in [5, 5.41) is 0.498. The smallest absolute Gasteiger partial charge is 0.339 e. The molecule has 0 bridgehead atoms. The van der Waals surface area contributed by atoms with E-state index in [1.807, 2.05) is 0 Å². The molecule has 0 aromatic heterocycles. The standard InChI is InChI=1S/C20H17BrClNO4/c1-11-18(24)9-13-8-14(22)4-6-15(13)19(25)23(11)10-12-3-5-16(17(21)7-12)20(26)27-2/h3-8,11H,9-10H2,1-2H3/t11-/m1/s1. The predicted octanol–water partition coefficient (Wildman–Crippen LogP) is 4.05. The Hall–Kier alpha value is -2.18. The van der Waals surface area contributed by atoms with Crippen LogP contribution in [0.4, 0.5) is 0 Å². The first-order valence-corrected chi connectivity index (χ1v) is 9.47. The summed E-state index contributed by atoms with van der Waals surface area (Å²) in [6, 6.07) is 9.55. The van der Waals surface area contributed by atoms with Crippen molar-refractivity contribution >= 4 is 45.2 Å². The first-order valence-electron chi connectivity index (χ1n) is 8.30. The van der Waals surface area contributed by atoms with Gasteiger partial charge in [-0.25, -0.2) is 4.79 Å². The van der Waals surface area contributed by atoms with Crippen LogP contribution in [0.3, 0.4) is 0 Å². The number of amides is 1. The minimum absolute atomic E-state index is 0.0467. The second-order valence-corrected chi connectivity index (χ2v) is 7.65. The number of hydrogen-bond donors (Lipinski definition) is 0. The lowest BCUT2D eigenvalue weighted by atomic mass is 10.0. The van der Waals surface area contributed by atoms with E-state index in [0.29, 0.717) is 26.2 Å². The summed E-state index contributed by atoms with van der Waals surface area (Å²) >= 11 is 9.38. The molecule has 1 heterocycles. The highest BCUT2D eigenvalue weighted by molar-refractivity contribution is 9.10. The number of Topliss-reactive ketones (excluding diaryl/α,β-unsaturated/α-hetero) is 1. The maximum absolute atomic E-state index is 13.1. The van der Waals surface area contributed by atoms with Gasteiger partial charge in [0, 0.05) is 28.0 Å². The van der Waals surface area contributed by atoms with Crippen molar-refractivity contribution in [1.82, 2.24) is 4.90 Å². The van der Waals surface area contributed by atoms with Gasteiger partial charge in [0.2, 0.25) is 0 Å². The lowest BCUT2D eigenvalue weighted by molar-refractivity contribution is -0.122. The maximum atomic E-state index is 13.1. The average molecular weight is 451 g/mol. The summed E-state index contributed by atoms with van der Waals surface area (Å²) in [5.41, 5.74) is 2.32. The Labute approximate surface area is 170 Å². The highest BCUT2D eigenvalue weighted by Gasteiger charge is 2.32. The summed E-state index contributed by atoms with van der Waals surface area (Å²) in [4.78, 5) is 38.9. The Morgan fingerprint density at radius 3 is 2.67 bits per heavy atom. The van der Waals surface area contributed by atoms with Crippen LogP contribution in [0.15, 0.2) is 40.9 Å². The molecule has 0 aliphatic carbocycles. The van der Waals surface area contributed by atoms with Crippen LogP contribution in [0, 0.1) is 0 Å². The molecule has 0 saturated heterocycles. The van der Waals surface area contributed by atoms with E-state index in [2.05, 4.69) is 15.9 Å². The Bertz CT molecular complexity index is 944. The predicted molar refractivity (Wildman–Crippen MR) is 105 cm³/mol. The van der Waals surface area contributed by atoms with Crippen molar-refractivity contribution in [2.24, 2.45) is 0 Å². The Balaban J connectivity index is 1.94. The van der Waals surface area contributed by atoms with E-state index in [0.717, 1.165) is 5.56 Å². The quantitative estimate of drug-likeness (QED) is 0.662. The first-order chi connectivity index (χ1) is 12.8.